The zero-order chi connectivity index (χ0) is 9.14. The lowest BCUT2D eigenvalue weighted by Gasteiger charge is -2.04. The van der Waals surface area contributed by atoms with Crippen molar-refractivity contribution in [1.82, 2.24) is 4.98 Å². The van der Waals surface area contributed by atoms with Gasteiger partial charge in [-0.25, -0.2) is 4.98 Å². The number of anilines is 1. The van der Waals surface area contributed by atoms with Gasteiger partial charge in [-0.05, 0) is 6.92 Å². The van der Waals surface area contributed by atoms with Crippen molar-refractivity contribution in [2.24, 2.45) is 0 Å². The topological polar surface area (TPSA) is 33.2 Å². The van der Waals surface area contributed by atoms with Gasteiger partial charge in [-0.3, -0.25) is 0 Å². The van der Waals surface area contributed by atoms with Gasteiger partial charge in [0.1, 0.15) is 6.29 Å². The highest BCUT2D eigenvalue weighted by Gasteiger charge is 2.07. The van der Waals surface area contributed by atoms with Gasteiger partial charge in [0, 0.05) is 25.4 Å². The van der Waals surface area contributed by atoms with Gasteiger partial charge in [-0.1, -0.05) is 0 Å². The van der Waals surface area contributed by atoms with E-state index in [1.54, 1.807) is 11.3 Å². The van der Waals surface area contributed by atoms with Crippen LogP contribution in [0.1, 0.15) is 10.6 Å². The normalized spacial score (nSPS) is 9.92. The first-order valence-electron chi connectivity index (χ1n) is 3.72. The summed E-state index contributed by atoms with van der Waals surface area (Å²) >= 11 is 1.58. The molecular weight excluding hydrogens is 172 g/mol. The fourth-order valence-electron chi connectivity index (χ4n) is 0.869. The maximum atomic E-state index is 10.3. The van der Waals surface area contributed by atoms with E-state index >= 15 is 0 Å². The Hall–Kier alpha value is -0.900. The lowest BCUT2D eigenvalue weighted by molar-refractivity contribution is -0.107. The molecule has 3 nitrogen and oxygen atoms in total. The van der Waals surface area contributed by atoms with E-state index in [-0.39, 0.29) is 0 Å². The number of rotatable bonds is 3. The van der Waals surface area contributed by atoms with Crippen LogP contribution in [-0.4, -0.2) is 25.4 Å². The van der Waals surface area contributed by atoms with Crippen LogP contribution >= 0.6 is 11.3 Å². The summed E-state index contributed by atoms with van der Waals surface area (Å²) in [5.41, 5.74) is 0.968. The number of hydrogen-bond donors (Lipinski definition) is 0. The van der Waals surface area contributed by atoms with Gasteiger partial charge >= 0.3 is 0 Å². The van der Waals surface area contributed by atoms with Crippen LogP contribution in [0.15, 0.2) is 0 Å². The van der Waals surface area contributed by atoms with Crippen molar-refractivity contribution >= 4 is 22.8 Å². The van der Waals surface area contributed by atoms with E-state index in [4.69, 9.17) is 0 Å². The van der Waals surface area contributed by atoms with Gasteiger partial charge in [0.2, 0.25) is 0 Å². The van der Waals surface area contributed by atoms with E-state index in [0.29, 0.717) is 6.42 Å². The minimum atomic E-state index is 0.483. The molecular formula is C8H12N2OS. The van der Waals surface area contributed by atoms with Crippen LogP contribution < -0.4 is 4.90 Å². The van der Waals surface area contributed by atoms with Gasteiger partial charge in [0.15, 0.2) is 5.13 Å². The van der Waals surface area contributed by atoms with E-state index in [0.717, 1.165) is 22.0 Å². The Balaban J connectivity index is 2.91. The summed E-state index contributed by atoms with van der Waals surface area (Å²) in [6.07, 6.45) is 1.40. The third-order valence-electron chi connectivity index (χ3n) is 1.53. The SMILES string of the molecule is Cc1nc(N(C)C)sc1CC=O. The van der Waals surface area contributed by atoms with Crippen LogP contribution in [0.5, 0.6) is 0 Å². The largest absolute Gasteiger partial charge is 0.354 e. The molecule has 0 unspecified atom stereocenters. The molecule has 0 N–H and O–H groups in total. The summed E-state index contributed by atoms with van der Waals surface area (Å²) in [5, 5.41) is 0.962. The lowest BCUT2D eigenvalue weighted by atomic mass is 10.3. The number of hydrogen-bond acceptors (Lipinski definition) is 4. The first kappa shape index (κ1) is 9.19. The highest BCUT2D eigenvalue weighted by atomic mass is 32.1. The molecule has 0 saturated carbocycles. The summed E-state index contributed by atoms with van der Waals surface area (Å²) in [7, 11) is 3.89. The average Bonchev–Trinajstić information content (AvgIpc) is 2.34. The van der Waals surface area contributed by atoms with Crippen LogP contribution in [-0.2, 0) is 11.2 Å². The zero-order valence-corrected chi connectivity index (χ0v) is 8.31. The number of carbonyl (C=O) groups is 1. The monoisotopic (exact) mass is 184 g/mol. The minimum Gasteiger partial charge on any atom is -0.354 e. The molecule has 0 saturated heterocycles. The predicted octanol–water partition coefficient (Wildman–Crippen LogP) is 1.26. The van der Waals surface area contributed by atoms with Crippen LogP contribution in [0.3, 0.4) is 0 Å². The van der Waals surface area contributed by atoms with Crippen LogP contribution in [0, 0.1) is 6.92 Å². The third kappa shape index (κ3) is 1.82. The van der Waals surface area contributed by atoms with E-state index in [1.807, 2.05) is 25.9 Å². The van der Waals surface area contributed by atoms with Crippen LogP contribution in [0.4, 0.5) is 5.13 Å². The maximum absolute atomic E-state index is 10.3. The van der Waals surface area contributed by atoms with Gasteiger partial charge in [-0.15, -0.1) is 11.3 Å². The first-order valence-corrected chi connectivity index (χ1v) is 4.54. The second kappa shape index (κ2) is 3.67. The Labute approximate surface area is 76.0 Å². The molecule has 0 aromatic carbocycles. The molecule has 0 radical (unpaired) electrons. The molecule has 0 spiro atoms. The van der Waals surface area contributed by atoms with Gasteiger partial charge in [0.05, 0.1) is 5.69 Å². The summed E-state index contributed by atoms with van der Waals surface area (Å²) in [4.78, 5) is 17.6. The fourth-order valence-corrected chi connectivity index (χ4v) is 1.80. The van der Waals surface area contributed by atoms with Crippen molar-refractivity contribution in [1.29, 1.82) is 0 Å². The Morgan fingerprint density at radius 1 is 1.58 bits per heavy atom. The van der Waals surface area contributed by atoms with Gasteiger partial charge < -0.3 is 9.69 Å². The molecule has 0 fully saturated rings. The van der Waals surface area contributed by atoms with Crippen molar-refractivity contribution in [2.45, 2.75) is 13.3 Å². The summed E-state index contributed by atoms with van der Waals surface area (Å²) in [6, 6.07) is 0. The van der Waals surface area contributed by atoms with Gasteiger partial charge in [-0.2, -0.15) is 0 Å². The zero-order valence-electron chi connectivity index (χ0n) is 7.50. The Morgan fingerprint density at radius 2 is 2.25 bits per heavy atom. The molecule has 1 aromatic heterocycles. The standard InChI is InChI=1S/C8H12N2OS/c1-6-7(4-5-11)12-8(9-6)10(2)3/h5H,4H2,1-3H3. The molecule has 0 atom stereocenters. The lowest BCUT2D eigenvalue weighted by Crippen LogP contribution is -2.07. The molecule has 0 aliphatic rings. The highest BCUT2D eigenvalue weighted by molar-refractivity contribution is 7.15. The van der Waals surface area contributed by atoms with Crippen LogP contribution in [0.25, 0.3) is 0 Å². The Morgan fingerprint density at radius 3 is 2.67 bits per heavy atom. The number of aryl methyl sites for hydroxylation is 1. The first-order chi connectivity index (χ1) is 5.65. The Kier molecular flexibility index (Phi) is 2.81. The second-order valence-electron chi connectivity index (χ2n) is 2.77. The molecule has 1 rings (SSSR count). The Bertz CT molecular complexity index is 281. The molecule has 0 amide bonds. The molecule has 0 bridgehead atoms. The van der Waals surface area contributed by atoms with E-state index < -0.39 is 0 Å². The van der Waals surface area contributed by atoms with Crippen molar-refractivity contribution in [3.63, 3.8) is 0 Å². The maximum Gasteiger partial charge on any atom is 0.185 e. The van der Waals surface area contributed by atoms with Crippen molar-refractivity contribution in [3.8, 4) is 0 Å². The molecule has 1 aromatic rings. The van der Waals surface area contributed by atoms with Crippen LogP contribution in [0.2, 0.25) is 0 Å². The number of aldehydes is 1. The smallest absolute Gasteiger partial charge is 0.185 e. The minimum absolute atomic E-state index is 0.483. The second-order valence-corrected chi connectivity index (χ2v) is 3.83. The predicted molar refractivity (Wildman–Crippen MR) is 50.9 cm³/mol. The summed E-state index contributed by atoms with van der Waals surface area (Å²) in [5.74, 6) is 0. The average molecular weight is 184 g/mol. The molecule has 0 aliphatic carbocycles. The van der Waals surface area contributed by atoms with Crippen molar-refractivity contribution < 1.29 is 4.79 Å². The van der Waals surface area contributed by atoms with Gasteiger partial charge in [0.25, 0.3) is 0 Å². The summed E-state index contributed by atoms with van der Waals surface area (Å²) < 4.78 is 0. The number of nitrogens with zero attached hydrogens (tertiary/aromatic N) is 2. The number of aromatic nitrogens is 1. The van der Waals surface area contributed by atoms with Crippen molar-refractivity contribution in [2.75, 3.05) is 19.0 Å². The van der Waals surface area contributed by atoms with E-state index in [1.165, 1.54) is 0 Å². The molecule has 66 valence electrons. The molecule has 0 aliphatic heterocycles. The van der Waals surface area contributed by atoms with Crippen molar-refractivity contribution in [3.05, 3.63) is 10.6 Å². The fraction of sp³-hybridized carbons (Fsp3) is 0.500. The number of carbonyl (C=O) groups excluding carboxylic acids is 1. The highest BCUT2D eigenvalue weighted by Crippen LogP contribution is 2.24. The molecule has 12 heavy (non-hydrogen) atoms. The summed E-state index contributed by atoms with van der Waals surface area (Å²) in [6.45, 7) is 1.93. The quantitative estimate of drug-likeness (QED) is 0.663. The van der Waals surface area contributed by atoms with E-state index in [2.05, 4.69) is 4.98 Å². The molecule has 1 heterocycles. The van der Waals surface area contributed by atoms with E-state index in [9.17, 15) is 4.79 Å². The molecule has 4 heteroatoms. The number of thiazole rings is 1. The third-order valence-corrected chi connectivity index (χ3v) is 2.88.